The molecule has 0 unspecified atom stereocenters. The summed E-state index contributed by atoms with van der Waals surface area (Å²) in [6, 6.07) is 13.8. The molecule has 0 bridgehead atoms. The number of halogens is 1. The topological polar surface area (TPSA) is 73.9 Å². The minimum Gasteiger partial charge on any atom is -0.370 e. The molecule has 2 N–H and O–H groups in total. The van der Waals surface area contributed by atoms with Gasteiger partial charge in [0.2, 0.25) is 0 Å². The zero-order valence-electron chi connectivity index (χ0n) is 16.9. The number of aromatic nitrogens is 3. The first kappa shape index (κ1) is 19.2. The van der Waals surface area contributed by atoms with Crippen molar-refractivity contribution >= 4 is 28.2 Å². The van der Waals surface area contributed by atoms with Crippen LogP contribution >= 0.6 is 0 Å². The highest BCUT2D eigenvalue weighted by atomic mass is 19.1. The Hall–Kier alpha value is -3.74. The van der Waals surface area contributed by atoms with Crippen LogP contribution in [0.25, 0.3) is 22.0 Å². The number of H-pyrrole nitrogens is 1. The lowest BCUT2D eigenvalue weighted by Gasteiger charge is -2.28. The summed E-state index contributed by atoms with van der Waals surface area (Å²) in [7, 11) is 0. The molecule has 0 aliphatic carbocycles. The fraction of sp³-hybridized carbons (Fsp3) is 0.208. The lowest BCUT2D eigenvalue weighted by atomic mass is 10.0. The van der Waals surface area contributed by atoms with Crippen molar-refractivity contribution in [2.45, 2.75) is 19.3 Å². The molecule has 1 aliphatic heterocycles. The lowest BCUT2D eigenvalue weighted by Crippen LogP contribution is -2.29. The summed E-state index contributed by atoms with van der Waals surface area (Å²) >= 11 is 0. The maximum absolute atomic E-state index is 13.4. The number of piperidine rings is 1. The molecule has 31 heavy (non-hydrogen) atoms. The van der Waals surface area contributed by atoms with Crippen molar-refractivity contribution in [3.63, 3.8) is 0 Å². The second-order valence-corrected chi connectivity index (χ2v) is 7.78. The second kappa shape index (κ2) is 8.18. The monoisotopic (exact) mass is 415 g/mol. The first-order valence-electron chi connectivity index (χ1n) is 10.4. The SMILES string of the molecule is O=C(Nc1cccc(F)c1)c1n[nH]c2ccc(-c3cncc(N4CCCCC4)c3)cc12. The predicted molar refractivity (Wildman–Crippen MR) is 120 cm³/mol. The smallest absolute Gasteiger partial charge is 0.276 e. The zero-order valence-corrected chi connectivity index (χ0v) is 16.9. The maximum atomic E-state index is 13.4. The molecule has 3 heterocycles. The minimum absolute atomic E-state index is 0.265. The second-order valence-electron chi connectivity index (χ2n) is 7.78. The Labute approximate surface area is 179 Å². The van der Waals surface area contributed by atoms with E-state index in [2.05, 4.69) is 31.5 Å². The Kier molecular flexibility index (Phi) is 5.08. The highest BCUT2D eigenvalue weighted by Crippen LogP contribution is 2.29. The molecule has 2 aromatic heterocycles. The summed E-state index contributed by atoms with van der Waals surface area (Å²) in [5, 5.41) is 10.5. The maximum Gasteiger partial charge on any atom is 0.276 e. The number of pyridine rings is 1. The van der Waals surface area contributed by atoms with E-state index in [9.17, 15) is 9.18 Å². The van der Waals surface area contributed by atoms with E-state index in [1.54, 1.807) is 12.1 Å². The van der Waals surface area contributed by atoms with E-state index in [1.807, 2.05) is 30.6 Å². The Balaban J connectivity index is 1.46. The molecule has 0 atom stereocenters. The molecule has 1 amide bonds. The number of nitrogens with one attached hydrogen (secondary N) is 2. The lowest BCUT2D eigenvalue weighted by molar-refractivity contribution is 0.102. The molecule has 0 saturated carbocycles. The standard InChI is InChI=1S/C24H22FN5O/c25-18-5-4-6-19(13-18)27-24(31)23-21-12-16(7-8-22(21)28-29-23)17-11-20(15-26-14-17)30-9-2-1-3-10-30/h4-8,11-15H,1-3,9-10H2,(H,27,31)(H,28,29). The summed E-state index contributed by atoms with van der Waals surface area (Å²) in [6.45, 7) is 2.10. The van der Waals surface area contributed by atoms with E-state index < -0.39 is 11.7 Å². The van der Waals surface area contributed by atoms with Crippen LogP contribution in [0.2, 0.25) is 0 Å². The van der Waals surface area contributed by atoms with Crippen molar-refractivity contribution in [2.24, 2.45) is 0 Å². The fourth-order valence-corrected chi connectivity index (χ4v) is 4.03. The first-order chi connectivity index (χ1) is 15.2. The quantitative estimate of drug-likeness (QED) is 0.492. The number of amides is 1. The number of anilines is 2. The van der Waals surface area contributed by atoms with Gasteiger partial charge in [-0.2, -0.15) is 5.10 Å². The Morgan fingerprint density at radius 3 is 2.71 bits per heavy atom. The highest BCUT2D eigenvalue weighted by molar-refractivity contribution is 6.11. The van der Waals surface area contributed by atoms with Gasteiger partial charge < -0.3 is 10.2 Å². The van der Waals surface area contributed by atoms with Crippen molar-refractivity contribution in [1.82, 2.24) is 15.2 Å². The summed E-state index contributed by atoms with van der Waals surface area (Å²) < 4.78 is 13.4. The molecule has 0 spiro atoms. The van der Waals surface area contributed by atoms with Crippen LogP contribution < -0.4 is 10.2 Å². The summed E-state index contributed by atoms with van der Waals surface area (Å²) in [5.41, 5.74) is 4.47. The summed E-state index contributed by atoms with van der Waals surface area (Å²) in [4.78, 5) is 19.6. The average Bonchev–Trinajstić information content (AvgIpc) is 3.23. The van der Waals surface area contributed by atoms with Crippen molar-refractivity contribution < 1.29 is 9.18 Å². The van der Waals surface area contributed by atoms with E-state index in [-0.39, 0.29) is 5.69 Å². The Morgan fingerprint density at radius 1 is 1.00 bits per heavy atom. The largest absolute Gasteiger partial charge is 0.370 e. The van der Waals surface area contributed by atoms with Crippen LogP contribution in [0, 0.1) is 5.82 Å². The van der Waals surface area contributed by atoms with E-state index in [1.165, 1.54) is 31.4 Å². The molecule has 7 heteroatoms. The van der Waals surface area contributed by atoms with Crippen LogP contribution in [0.1, 0.15) is 29.8 Å². The molecule has 5 rings (SSSR count). The molecule has 1 saturated heterocycles. The van der Waals surface area contributed by atoms with Crippen LogP contribution in [-0.2, 0) is 0 Å². The molecule has 6 nitrogen and oxygen atoms in total. The molecule has 156 valence electrons. The van der Waals surface area contributed by atoms with Crippen molar-refractivity contribution in [3.8, 4) is 11.1 Å². The van der Waals surface area contributed by atoms with Crippen LogP contribution in [0.3, 0.4) is 0 Å². The van der Waals surface area contributed by atoms with Gasteiger partial charge in [-0.3, -0.25) is 14.9 Å². The number of hydrogen-bond acceptors (Lipinski definition) is 4. The Morgan fingerprint density at radius 2 is 1.87 bits per heavy atom. The van der Waals surface area contributed by atoms with Gasteiger partial charge in [0.1, 0.15) is 5.82 Å². The van der Waals surface area contributed by atoms with Crippen molar-refractivity contribution in [3.05, 3.63) is 72.4 Å². The molecule has 1 aliphatic rings. The average molecular weight is 415 g/mol. The van der Waals surface area contributed by atoms with E-state index in [0.717, 1.165) is 35.4 Å². The third-order valence-electron chi connectivity index (χ3n) is 5.64. The third kappa shape index (κ3) is 3.99. The minimum atomic E-state index is -0.409. The van der Waals surface area contributed by atoms with Crippen LogP contribution in [0.4, 0.5) is 15.8 Å². The number of benzene rings is 2. The van der Waals surface area contributed by atoms with Crippen LogP contribution in [-0.4, -0.2) is 34.2 Å². The number of nitrogens with zero attached hydrogens (tertiary/aromatic N) is 3. The third-order valence-corrected chi connectivity index (χ3v) is 5.64. The number of carbonyl (C=O) groups excluding carboxylic acids is 1. The van der Waals surface area contributed by atoms with E-state index in [0.29, 0.717) is 11.1 Å². The molecular formula is C24H22FN5O. The highest BCUT2D eigenvalue weighted by Gasteiger charge is 2.16. The molecule has 1 fully saturated rings. The van der Waals surface area contributed by atoms with Crippen molar-refractivity contribution in [1.29, 1.82) is 0 Å². The van der Waals surface area contributed by atoms with Gasteiger partial charge in [-0.05, 0) is 61.2 Å². The van der Waals surface area contributed by atoms with Gasteiger partial charge in [0, 0.05) is 35.9 Å². The normalized spacial score (nSPS) is 14.0. The van der Waals surface area contributed by atoms with Crippen LogP contribution in [0.5, 0.6) is 0 Å². The predicted octanol–water partition coefficient (Wildman–Crippen LogP) is 5.01. The van der Waals surface area contributed by atoms with E-state index >= 15 is 0 Å². The molecule has 0 radical (unpaired) electrons. The number of aromatic amines is 1. The van der Waals surface area contributed by atoms with Gasteiger partial charge >= 0.3 is 0 Å². The fourth-order valence-electron chi connectivity index (χ4n) is 4.03. The van der Waals surface area contributed by atoms with Gasteiger partial charge in [-0.25, -0.2) is 4.39 Å². The van der Waals surface area contributed by atoms with E-state index in [4.69, 9.17) is 0 Å². The Bertz CT molecular complexity index is 1250. The number of fused-ring (bicyclic) bond motifs is 1. The van der Waals surface area contributed by atoms with Crippen molar-refractivity contribution in [2.75, 3.05) is 23.3 Å². The number of carbonyl (C=O) groups is 1. The number of hydrogen-bond donors (Lipinski definition) is 2. The van der Waals surface area contributed by atoms with Gasteiger partial charge in [-0.15, -0.1) is 0 Å². The molecule has 2 aromatic carbocycles. The van der Waals surface area contributed by atoms with Gasteiger partial charge in [0.25, 0.3) is 5.91 Å². The van der Waals surface area contributed by atoms with Gasteiger partial charge in [-0.1, -0.05) is 12.1 Å². The van der Waals surface area contributed by atoms with Gasteiger partial charge in [0.05, 0.1) is 17.4 Å². The van der Waals surface area contributed by atoms with Gasteiger partial charge in [0.15, 0.2) is 5.69 Å². The first-order valence-corrected chi connectivity index (χ1v) is 10.4. The zero-order chi connectivity index (χ0) is 21.2. The summed E-state index contributed by atoms with van der Waals surface area (Å²) in [6.07, 6.45) is 7.43. The molecular weight excluding hydrogens is 393 g/mol. The van der Waals surface area contributed by atoms with Crippen LogP contribution in [0.15, 0.2) is 60.9 Å². The molecule has 4 aromatic rings. The summed E-state index contributed by atoms with van der Waals surface area (Å²) in [5.74, 6) is -0.803. The number of rotatable bonds is 4.